The molecule has 0 aliphatic rings. The molecule has 0 N–H and O–H groups in total. The Bertz CT molecular complexity index is 888. The highest BCUT2D eigenvalue weighted by molar-refractivity contribution is 5.33. The predicted octanol–water partition coefficient (Wildman–Crippen LogP) is 7.85. The number of benzene rings is 1. The molecule has 1 aromatic rings. The number of rotatable bonds is 9. The van der Waals surface area contributed by atoms with Crippen LogP contribution >= 0.6 is 0 Å². The Hall–Kier alpha value is -1.93. The molecule has 0 amide bonds. The van der Waals surface area contributed by atoms with Gasteiger partial charge in [0.1, 0.15) is 11.4 Å². The number of halogens is 13. The van der Waals surface area contributed by atoms with Gasteiger partial charge < -0.3 is 9.47 Å². The minimum Gasteiger partial charge on any atom is -0.488 e. The van der Waals surface area contributed by atoms with E-state index in [1.54, 1.807) is 20.8 Å². The summed E-state index contributed by atoms with van der Waals surface area (Å²) in [5.74, 6) is -37.3. The van der Waals surface area contributed by atoms with Gasteiger partial charge in [0.25, 0.3) is 0 Å². The molecule has 0 fully saturated rings. The second-order valence-electron chi connectivity index (χ2n) is 8.85. The topological polar surface area (TPSA) is 18.5 Å². The maximum atomic E-state index is 14.5. The molecular formula is C20H21F13O2. The van der Waals surface area contributed by atoms with Crippen LogP contribution in [0.5, 0.6) is 5.75 Å². The highest BCUT2D eigenvalue weighted by Crippen LogP contribution is 2.61. The molecule has 0 aromatic heterocycles. The Balaban J connectivity index is 3.52. The van der Waals surface area contributed by atoms with Crippen LogP contribution in [-0.2, 0) is 10.3 Å². The zero-order chi connectivity index (χ0) is 28.1. The van der Waals surface area contributed by atoms with Crippen molar-refractivity contribution in [3.63, 3.8) is 0 Å². The normalized spacial score (nSPS) is 16.7. The summed E-state index contributed by atoms with van der Waals surface area (Å²) in [5.41, 5.74) is -3.91. The van der Waals surface area contributed by atoms with Crippen molar-refractivity contribution < 1.29 is 66.5 Å². The monoisotopic (exact) mass is 540 g/mol. The molecule has 0 aliphatic carbocycles. The molecule has 0 saturated carbocycles. The van der Waals surface area contributed by atoms with Gasteiger partial charge in [-0.1, -0.05) is 12.1 Å². The molecule has 1 aromatic carbocycles. The van der Waals surface area contributed by atoms with E-state index in [1.165, 1.54) is 6.07 Å². The van der Waals surface area contributed by atoms with Crippen LogP contribution in [0.4, 0.5) is 57.1 Å². The van der Waals surface area contributed by atoms with Crippen LogP contribution in [0.2, 0.25) is 0 Å². The zero-order valence-corrected chi connectivity index (χ0v) is 18.7. The third-order valence-electron chi connectivity index (χ3n) is 4.88. The van der Waals surface area contributed by atoms with Gasteiger partial charge in [-0.3, -0.25) is 0 Å². The maximum Gasteiger partial charge on any atom is 0.460 e. The molecule has 1 rings (SSSR count). The fourth-order valence-corrected chi connectivity index (χ4v) is 2.87. The lowest BCUT2D eigenvalue weighted by atomic mass is 9.84. The van der Waals surface area contributed by atoms with Crippen molar-refractivity contribution in [1.82, 2.24) is 0 Å². The molecular weight excluding hydrogens is 519 g/mol. The van der Waals surface area contributed by atoms with E-state index in [-0.39, 0.29) is 5.75 Å². The van der Waals surface area contributed by atoms with Crippen LogP contribution in [0.15, 0.2) is 24.3 Å². The number of alkyl halides is 13. The molecule has 1 unspecified atom stereocenters. The summed E-state index contributed by atoms with van der Waals surface area (Å²) in [6, 6.07) is 4.44. The van der Waals surface area contributed by atoms with Crippen molar-refractivity contribution in [3.8, 4) is 5.75 Å². The molecule has 0 bridgehead atoms. The standard InChI is InChI=1S/C20H21F13O2/c1-13(2,3)35-12-8-6-7-11(9-12)14(4,34-5)10-15(21,22)16(23,24)17(25,26)18(27,28)19(29,30)20(31,32)33/h6-9H,10H2,1-5H3. The van der Waals surface area contributed by atoms with Gasteiger partial charge in [0, 0.05) is 7.11 Å². The Morgan fingerprint density at radius 3 is 1.51 bits per heavy atom. The van der Waals surface area contributed by atoms with E-state index in [9.17, 15) is 57.1 Å². The van der Waals surface area contributed by atoms with Crippen LogP contribution < -0.4 is 4.74 Å². The van der Waals surface area contributed by atoms with Crippen LogP contribution in [0, 0.1) is 0 Å². The van der Waals surface area contributed by atoms with Gasteiger partial charge in [-0.25, -0.2) is 0 Å². The summed E-state index contributed by atoms with van der Waals surface area (Å²) in [6.07, 6.45) is -9.98. The number of hydrogen-bond donors (Lipinski definition) is 0. The highest BCUT2D eigenvalue weighted by atomic mass is 19.4. The summed E-state index contributed by atoms with van der Waals surface area (Å²) in [4.78, 5) is 0. The minimum atomic E-state index is -7.95. The average Bonchev–Trinajstić information content (AvgIpc) is 2.64. The number of hydrogen-bond acceptors (Lipinski definition) is 2. The largest absolute Gasteiger partial charge is 0.488 e. The van der Waals surface area contributed by atoms with Crippen molar-refractivity contribution in [3.05, 3.63) is 29.8 Å². The van der Waals surface area contributed by atoms with Crippen molar-refractivity contribution in [1.29, 1.82) is 0 Å². The Labute approximate surface area is 191 Å². The molecule has 1 atom stereocenters. The van der Waals surface area contributed by atoms with E-state index >= 15 is 0 Å². The third kappa shape index (κ3) is 5.43. The van der Waals surface area contributed by atoms with E-state index in [0.717, 1.165) is 18.2 Å². The molecule has 2 nitrogen and oxygen atoms in total. The van der Waals surface area contributed by atoms with Gasteiger partial charge in [0.15, 0.2) is 0 Å². The lowest BCUT2D eigenvalue weighted by Gasteiger charge is -2.42. The first-order valence-electron chi connectivity index (χ1n) is 9.51. The average molecular weight is 540 g/mol. The lowest BCUT2D eigenvalue weighted by molar-refractivity contribution is -0.441. The van der Waals surface area contributed by atoms with Gasteiger partial charge >= 0.3 is 35.8 Å². The molecule has 0 radical (unpaired) electrons. The van der Waals surface area contributed by atoms with Gasteiger partial charge in [-0.15, -0.1) is 0 Å². The van der Waals surface area contributed by atoms with Gasteiger partial charge in [-0.05, 0) is 45.4 Å². The second kappa shape index (κ2) is 8.87. The van der Waals surface area contributed by atoms with Crippen molar-refractivity contribution in [2.45, 2.75) is 81.1 Å². The van der Waals surface area contributed by atoms with Crippen molar-refractivity contribution in [2.75, 3.05) is 7.11 Å². The summed E-state index contributed by atoms with van der Waals surface area (Å²) in [7, 11) is 0.663. The van der Waals surface area contributed by atoms with Crippen LogP contribution in [0.1, 0.15) is 39.7 Å². The predicted molar refractivity (Wildman–Crippen MR) is 96.6 cm³/mol. The smallest absolute Gasteiger partial charge is 0.460 e. The van der Waals surface area contributed by atoms with E-state index in [4.69, 9.17) is 9.47 Å². The van der Waals surface area contributed by atoms with Gasteiger partial charge in [0.05, 0.1) is 12.0 Å². The first-order valence-corrected chi connectivity index (χ1v) is 9.51. The van der Waals surface area contributed by atoms with Gasteiger partial charge in [0.2, 0.25) is 0 Å². The molecule has 0 saturated heterocycles. The fraction of sp³-hybridized carbons (Fsp3) is 0.700. The zero-order valence-electron chi connectivity index (χ0n) is 18.7. The van der Waals surface area contributed by atoms with E-state index in [0.29, 0.717) is 14.0 Å². The molecule has 15 heteroatoms. The molecule has 204 valence electrons. The molecule has 35 heavy (non-hydrogen) atoms. The maximum absolute atomic E-state index is 14.5. The number of methoxy groups -OCH3 is 1. The first-order chi connectivity index (χ1) is 15.2. The molecule has 0 spiro atoms. The summed E-state index contributed by atoms with van der Waals surface area (Å²) < 4.78 is 185. The van der Waals surface area contributed by atoms with E-state index in [1.807, 2.05) is 0 Å². The SMILES string of the molecule is COC(C)(CC(F)(F)C(F)(F)C(F)(F)C(F)(F)C(F)(F)C(F)(F)F)c1cccc(OC(C)(C)C)c1. The minimum absolute atomic E-state index is 0.0324. The summed E-state index contributed by atoms with van der Waals surface area (Å²) >= 11 is 0. The quantitative estimate of drug-likeness (QED) is 0.297. The second-order valence-corrected chi connectivity index (χ2v) is 8.85. The van der Waals surface area contributed by atoms with Crippen molar-refractivity contribution in [2.24, 2.45) is 0 Å². The summed E-state index contributed by atoms with van der Waals surface area (Å²) in [6.45, 7) is 5.38. The Morgan fingerprint density at radius 2 is 1.11 bits per heavy atom. The third-order valence-corrected chi connectivity index (χ3v) is 4.88. The van der Waals surface area contributed by atoms with E-state index < -0.39 is 59.0 Å². The van der Waals surface area contributed by atoms with Crippen molar-refractivity contribution >= 4 is 0 Å². The first kappa shape index (κ1) is 31.1. The highest BCUT2D eigenvalue weighted by Gasteiger charge is 2.90. The molecule has 0 aliphatic heterocycles. The van der Waals surface area contributed by atoms with Crippen LogP contribution in [0.3, 0.4) is 0 Å². The fourth-order valence-electron chi connectivity index (χ4n) is 2.87. The lowest BCUT2D eigenvalue weighted by Crippen LogP contribution is -2.70. The number of ether oxygens (including phenoxy) is 2. The Morgan fingerprint density at radius 1 is 0.657 bits per heavy atom. The van der Waals surface area contributed by atoms with Crippen LogP contribution in [-0.4, -0.2) is 48.5 Å². The van der Waals surface area contributed by atoms with Gasteiger partial charge in [-0.2, -0.15) is 57.1 Å². The molecule has 0 heterocycles. The Kier molecular flexibility index (Phi) is 7.88. The van der Waals surface area contributed by atoms with Crippen LogP contribution in [0.25, 0.3) is 0 Å². The van der Waals surface area contributed by atoms with E-state index in [2.05, 4.69) is 0 Å². The summed E-state index contributed by atoms with van der Waals surface area (Å²) in [5, 5.41) is 0.